The van der Waals surface area contributed by atoms with Gasteiger partial charge in [0.05, 0.1) is 0 Å². The van der Waals surface area contributed by atoms with Gasteiger partial charge in [0, 0.05) is 32.7 Å². The van der Waals surface area contributed by atoms with Crippen molar-refractivity contribution in [3.8, 4) is 66.8 Å². The van der Waals surface area contributed by atoms with Crippen molar-refractivity contribution in [3.05, 3.63) is 255 Å². The van der Waals surface area contributed by atoms with E-state index in [-0.39, 0.29) is 0 Å². The summed E-state index contributed by atoms with van der Waals surface area (Å²) in [5, 5.41) is 14.2. The van der Waals surface area contributed by atoms with Crippen LogP contribution in [0.5, 0.6) is 0 Å². The predicted molar refractivity (Wildman–Crippen MR) is 304 cm³/mol. The highest BCUT2D eigenvalue weighted by Crippen LogP contribution is 2.50. The predicted octanol–water partition coefficient (Wildman–Crippen LogP) is 20.1. The SMILES string of the molecule is c1ccc(-c2cccc3c2oc2ccccc23)c(-c2c3ccccc3c(-c3ccc(-c4c5ccccc5c(-c5ccccc5-c5cccc6c5oc5ccccc56)c5ccccc45)cc3)c3ccccc23)c1. The smallest absolute Gasteiger partial charge is 0.143 e. The fourth-order valence-electron chi connectivity index (χ4n) is 12.1. The van der Waals surface area contributed by atoms with Crippen LogP contribution in [-0.2, 0) is 0 Å². The van der Waals surface area contributed by atoms with Gasteiger partial charge in [-0.3, -0.25) is 0 Å². The number of furan rings is 2. The molecule has 0 fully saturated rings. The number of rotatable bonds is 6. The van der Waals surface area contributed by atoms with Gasteiger partial charge in [-0.15, -0.1) is 0 Å². The van der Waals surface area contributed by atoms with Crippen LogP contribution in [0.3, 0.4) is 0 Å². The third-order valence-electron chi connectivity index (χ3n) is 15.1. The van der Waals surface area contributed by atoms with Crippen molar-refractivity contribution in [2.24, 2.45) is 0 Å². The highest BCUT2D eigenvalue weighted by Gasteiger charge is 2.24. The van der Waals surface area contributed by atoms with Gasteiger partial charge in [0.25, 0.3) is 0 Å². The van der Waals surface area contributed by atoms with Crippen LogP contribution in [0.2, 0.25) is 0 Å². The van der Waals surface area contributed by atoms with Crippen molar-refractivity contribution in [2.75, 3.05) is 0 Å². The lowest BCUT2D eigenvalue weighted by atomic mass is 9.82. The molecular weight excluding hydrogens is 873 g/mol. The molecule has 0 amide bonds. The Morgan fingerprint density at radius 1 is 0.167 bits per heavy atom. The minimum Gasteiger partial charge on any atom is -0.455 e. The van der Waals surface area contributed by atoms with Crippen molar-refractivity contribution in [1.29, 1.82) is 0 Å². The summed E-state index contributed by atoms with van der Waals surface area (Å²) < 4.78 is 13.3. The molecule has 0 unspecified atom stereocenters. The van der Waals surface area contributed by atoms with E-state index >= 15 is 0 Å². The summed E-state index contributed by atoms with van der Waals surface area (Å²) in [4.78, 5) is 0. The largest absolute Gasteiger partial charge is 0.455 e. The number of hydrogen-bond donors (Lipinski definition) is 0. The molecule has 72 heavy (non-hydrogen) atoms. The first-order chi connectivity index (χ1) is 35.8. The Balaban J connectivity index is 0.900. The summed E-state index contributed by atoms with van der Waals surface area (Å²) in [6, 6.07) is 92.5. The van der Waals surface area contributed by atoms with Crippen molar-refractivity contribution < 1.29 is 8.83 Å². The van der Waals surface area contributed by atoms with E-state index in [1.165, 1.54) is 87.6 Å². The average Bonchev–Trinajstić information content (AvgIpc) is 4.03. The van der Waals surface area contributed by atoms with Crippen molar-refractivity contribution >= 4 is 87.0 Å². The quantitative estimate of drug-likeness (QED) is 0.155. The number of hydrogen-bond acceptors (Lipinski definition) is 2. The Labute approximate surface area is 415 Å². The minimum absolute atomic E-state index is 0.900. The van der Waals surface area contributed by atoms with Crippen LogP contribution in [0.15, 0.2) is 264 Å². The van der Waals surface area contributed by atoms with Gasteiger partial charge < -0.3 is 8.83 Å². The summed E-state index contributed by atoms with van der Waals surface area (Å²) in [5.74, 6) is 0. The second-order valence-electron chi connectivity index (χ2n) is 18.9. The Kier molecular flexibility index (Phi) is 8.99. The zero-order valence-corrected chi connectivity index (χ0v) is 39.1. The highest BCUT2D eigenvalue weighted by atomic mass is 16.3. The number of fused-ring (bicyclic) bond motifs is 10. The average molecular weight is 915 g/mol. The van der Waals surface area contributed by atoms with Crippen LogP contribution in [0.1, 0.15) is 0 Å². The highest BCUT2D eigenvalue weighted by molar-refractivity contribution is 6.25. The van der Waals surface area contributed by atoms with E-state index < -0.39 is 0 Å². The molecule has 2 aromatic heterocycles. The van der Waals surface area contributed by atoms with Crippen molar-refractivity contribution in [1.82, 2.24) is 0 Å². The van der Waals surface area contributed by atoms with E-state index in [2.05, 4.69) is 243 Å². The van der Waals surface area contributed by atoms with E-state index in [0.29, 0.717) is 0 Å². The lowest BCUT2D eigenvalue weighted by molar-refractivity contribution is 0.669. The van der Waals surface area contributed by atoms with Gasteiger partial charge >= 0.3 is 0 Å². The molecule has 0 radical (unpaired) electrons. The molecule has 0 aliphatic carbocycles. The maximum Gasteiger partial charge on any atom is 0.143 e. The minimum atomic E-state index is 0.900. The molecule has 0 atom stereocenters. The fraction of sp³-hybridized carbons (Fsp3) is 0. The first-order valence-electron chi connectivity index (χ1n) is 24.7. The van der Waals surface area contributed by atoms with E-state index in [0.717, 1.165) is 66.1 Å². The molecular formula is C70H42O2. The third kappa shape index (κ3) is 6.03. The third-order valence-corrected chi connectivity index (χ3v) is 15.1. The molecule has 0 bridgehead atoms. The molecule has 0 saturated carbocycles. The van der Waals surface area contributed by atoms with Crippen molar-refractivity contribution in [2.45, 2.75) is 0 Å². The van der Waals surface area contributed by atoms with Gasteiger partial charge in [-0.05, 0) is 111 Å². The summed E-state index contributed by atoms with van der Waals surface area (Å²) in [6.45, 7) is 0. The second kappa shape index (κ2) is 16.0. The summed E-state index contributed by atoms with van der Waals surface area (Å²) in [5.41, 5.74) is 17.7. The molecule has 15 aromatic rings. The zero-order valence-electron chi connectivity index (χ0n) is 39.1. The number of para-hydroxylation sites is 4. The molecule has 2 nitrogen and oxygen atoms in total. The monoisotopic (exact) mass is 914 g/mol. The molecule has 0 aliphatic heterocycles. The molecule has 13 aromatic carbocycles. The molecule has 2 heterocycles. The lowest BCUT2D eigenvalue weighted by Crippen LogP contribution is -1.94. The van der Waals surface area contributed by atoms with Crippen LogP contribution in [0.25, 0.3) is 154 Å². The first-order valence-corrected chi connectivity index (χ1v) is 24.7. The fourth-order valence-corrected chi connectivity index (χ4v) is 12.1. The molecule has 0 saturated heterocycles. The van der Waals surface area contributed by atoms with Crippen LogP contribution in [0, 0.1) is 0 Å². The van der Waals surface area contributed by atoms with Gasteiger partial charge in [-0.1, -0.05) is 243 Å². The van der Waals surface area contributed by atoms with Crippen LogP contribution in [0.4, 0.5) is 0 Å². The lowest BCUT2D eigenvalue weighted by Gasteiger charge is -2.21. The van der Waals surface area contributed by atoms with Crippen LogP contribution >= 0.6 is 0 Å². The summed E-state index contributed by atoms with van der Waals surface area (Å²) in [7, 11) is 0. The number of benzene rings is 13. The van der Waals surface area contributed by atoms with E-state index in [1.54, 1.807) is 0 Å². The molecule has 0 aliphatic rings. The van der Waals surface area contributed by atoms with E-state index in [9.17, 15) is 0 Å². The molecule has 2 heteroatoms. The van der Waals surface area contributed by atoms with Crippen LogP contribution < -0.4 is 0 Å². The summed E-state index contributed by atoms with van der Waals surface area (Å²) >= 11 is 0. The van der Waals surface area contributed by atoms with Crippen LogP contribution in [-0.4, -0.2) is 0 Å². The summed E-state index contributed by atoms with van der Waals surface area (Å²) in [6.07, 6.45) is 0. The van der Waals surface area contributed by atoms with E-state index in [1.807, 2.05) is 12.1 Å². The van der Waals surface area contributed by atoms with Gasteiger partial charge in [0.15, 0.2) is 0 Å². The Bertz CT molecular complexity index is 4270. The molecule has 334 valence electrons. The van der Waals surface area contributed by atoms with Crippen molar-refractivity contribution in [3.63, 3.8) is 0 Å². The first kappa shape index (κ1) is 40.4. The standard InChI is InChI=1S/C70H42O2/c1-3-23-49(45(19-1)59-33-17-35-61-47-21-13-15-37-63(47)71-69(59)61)67-55-29-9-5-25-51(55)65(52-26-6-10-30-56(52)67)43-39-41-44(42-40-43)66-53-27-7-11-31-57(53)68(58-32-12-8-28-54(58)66)50-24-4-2-20-46(50)60-34-18-36-62-48-22-14-16-38-64(48)72-70(60)62/h1-42H. The van der Waals surface area contributed by atoms with E-state index in [4.69, 9.17) is 8.83 Å². The Morgan fingerprint density at radius 3 is 0.764 bits per heavy atom. The van der Waals surface area contributed by atoms with Gasteiger partial charge in [0.2, 0.25) is 0 Å². The van der Waals surface area contributed by atoms with Gasteiger partial charge in [-0.2, -0.15) is 0 Å². The normalized spacial score (nSPS) is 11.9. The van der Waals surface area contributed by atoms with Gasteiger partial charge in [0.1, 0.15) is 22.3 Å². The second-order valence-corrected chi connectivity index (χ2v) is 18.9. The molecule has 0 spiro atoms. The maximum atomic E-state index is 6.64. The molecule has 15 rings (SSSR count). The zero-order chi connectivity index (χ0) is 47.3. The Morgan fingerprint density at radius 2 is 0.417 bits per heavy atom. The maximum absolute atomic E-state index is 6.64. The molecule has 0 N–H and O–H groups in total. The Hall–Kier alpha value is -9.50. The van der Waals surface area contributed by atoms with Gasteiger partial charge in [-0.25, -0.2) is 0 Å². The topological polar surface area (TPSA) is 26.3 Å².